The monoisotopic (exact) mass is 220 g/mol. The molecule has 1 atom stereocenters. The van der Waals surface area contributed by atoms with E-state index in [1.807, 2.05) is 4.68 Å². The highest BCUT2D eigenvalue weighted by Gasteiger charge is 2.31. The van der Waals surface area contributed by atoms with E-state index < -0.39 is 0 Å². The average molecular weight is 220 g/mol. The lowest BCUT2D eigenvalue weighted by Crippen LogP contribution is -2.23. The Morgan fingerprint density at radius 1 is 1.25 bits per heavy atom. The molecule has 1 heterocycles. The maximum Gasteiger partial charge on any atom is 0.270 e. The zero-order chi connectivity index (χ0) is 11.1. The zero-order valence-electron chi connectivity index (χ0n) is 9.96. The predicted octanol–water partition coefficient (Wildman–Crippen LogP) is 2.42. The van der Waals surface area contributed by atoms with Crippen molar-refractivity contribution in [3.8, 4) is 0 Å². The largest absolute Gasteiger partial charge is 0.299 e. The number of nitrogens with one attached hydrogen (secondary N) is 1. The molecule has 3 nitrogen and oxygen atoms in total. The Labute approximate surface area is 95.8 Å². The summed E-state index contributed by atoms with van der Waals surface area (Å²) in [6.45, 7) is 2.18. The maximum absolute atomic E-state index is 12.3. The Morgan fingerprint density at radius 2 is 2.00 bits per heavy atom. The van der Waals surface area contributed by atoms with Crippen molar-refractivity contribution in [2.45, 2.75) is 57.9 Å². The highest BCUT2D eigenvalue weighted by Crippen LogP contribution is 2.38. The molecule has 3 heteroatoms. The number of hydrogen-bond donors (Lipinski definition) is 1. The van der Waals surface area contributed by atoms with E-state index in [1.165, 1.54) is 37.8 Å². The number of hydrogen-bond acceptors (Lipinski definition) is 1. The number of nitrogens with zero attached hydrogens (tertiary/aromatic N) is 1. The topological polar surface area (TPSA) is 37.8 Å². The molecule has 2 aliphatic rings. The number of aromatic nitrogens is 2. The third-order valence-electron chi connectivity index (χ3n) is 4.16. The molecule has 0 aromatic carbocycles. The fourth-order valence-corrected chi connectivity index (χ4v) is 2.86. The molecular formula is C13H20N2O. The van der Waals surface area contributed by atoms with E-state index >= 15 is 0 Å². The van der Waals surface area contributed by atoms with Crippen LogP contribution < -0.4 is 5.56 Å². The van der Waals surface area contributed by atoms with Gasteiger partial charge in [0.15, 0.2) is 0 Å². The van der Waals surface area contributed by atoms with E-state index in [4.69, 9.17) is 0 Å². The average Bonchev–Trinajstić information content (AvgIpc) is 3.09. The first-order chi connectivity index (χ1) is 7.77. The van der Waals surface area contributed by atoms with Crippen LogP contribution in [0.25, 0.3) is 0 Å². The van der Waals surface area contributed by atoms with Gasteiger partial charge in [-0.15, -0.1) is 0 Å². The second-order valence-corrected chi connectivity index (χ2v) is 5.38. The fourth-order valence-electron chi connectivity index (χ4n) is 2.86. The highest BCUT2D eigenvalue weighted by molar-refractivity contribution is 5.19. The first-order valence-corrected chi connectivity index (χ1v) is 6.59. The third kappa shape index (κ3) is 1.62. The molecule has 1 N–H and O–H groups in total. The number of H-pyrrole nitrogens is 1. The summed E-state index contributed by atoms with van der Waals surface area (Å²) >= 11 is 0. The predicted molar refractivity (Wildman–Crippen MR) is 63.7 cm³/mol. The van der Waals surface area contributed by atoms with E-state index in [1.54, 1.807) is 0 Å². The number of rotatable bonds is 2. The molecule has 0 bridgehead atoms. The molecule has 16 heavy (non-hydrogen) atoms. The van der Waals surface area contributed by atoms with Gasteiger partial charge in [0, 0.05) is 11.3 Å². The van der Waals surface area contributed by atoms with Crippen LogP contribution in [0.5, 0.6) is 0 Å². The van der Waals surface area contributed by atoms with Gasteiger partial charge in [0.25, 0.3) is 5.56 Å². The Kier molecular flexibility index (Phi) is 2.41. The molecule has 0 amide bonds. The first-order valence-electron chi connectivity index (χ1n) is 6.59. The minimum Gasteiger partial charge on any atom is -0.299 e. The SMILES string of the molecule is CC(C1CC1)n1[nH]c2c(c1=O)CCCCC2. The Hall–Kier alpha value is -0.990. The molecule has 1 saturated carbocycles. The number of aromatic amines is 1. The van der Waals surface area contributed by atoms with Crippen LogP contribution in [0, 0.1) is 5.92 Å². The van der Waals surface area contributed by atoms with Gasteiger partial charge in [-0.2, -0.15) is 0 Å². The van der Waals surface area contributed by atoms with Gasteiger partial charge < -0.3 is 0 Å². The van der Waals surface area contributed by atoms with Crippen molar-refractivity contribution in [3.63, 3.8) is 0 Å². The normalized spacial score (nSPS) is 22.6. The van der Waals surface area contributed by atoms with Crippen LogP contribution in [-0.2, 0) is 12.8 Å². The summed E-state index contributed by atoms with van der Waals surface area (Å²) < 4.78 is 1.90. The van der Waals surface area contributed by atoms with Crippen LogP contribution in [0.3, 0.4) is 0 Å². The molecule has 1 aromatic rings. The summed E-state index contributed by atoms with van der Waals surface area (Å²) in [7, 11) is 0. The van der Waals surface area contributed by atoms with Gasteiger partial charge >= 0.3 is 0 Å². The van der Waals surface area contributed by atoms with Gasteiger partial charge in [0.2, 0.25) is 0 Å². The van der Waals surface area contributed by atoms with Crippen molar-refractivity contribution in [1.82, 2.24) is 9.78 Å². The summed E-state index contributed by atoms with van der Waals surface area (Å²) in [5.74, 6) is 0.736. The van der Waals surface area contributed by atoms with Crippen molar-refractivity contribution >= 4 is 0 Å². The molecule has 3 rings (SSSR count). The van der Waals surface area contributed by atoms with Gasteiger partial charge in [-0.25, -0.2) is 4.68 Å². The lowest BCUT2D eigenvalue weighted by molar-refractivity contribution is 0.424. The van der Waals surface area contributed by atoms with Crippen LogP contribution in [0.4, 0.5) is 0 Å². The van der Waals surface area contributed by atoms with E-state index in [-0.39, 0.29) is 5.56 Å². The summed E-state index contributed by atoms with van der Waals surface area (Å²) in [5, 5.41) is 3.37. The second kappa shape index (κ2) is 3.79. The van der Waals surface area contributed by atoms with Gasteiger partial charge in [-0.1, -0.05) is 6.42 Å². The molecule has 1 fully saturated rings. The quantitative estimate of drug-likeness (QED) is 0.764. The molecule has 0 saturated heterocycles. The van der Waals surface area contributed by atoms with Gasteiger partial charge in [0.05, 0.1) is 6.04 Å². The Bertz CT molecular complexity index is 439. The smallest absolute Gasteiger partial charge is 0.270 e. The fraction of sp³-hybridized carbons (Fsp3) is 0.769. The van der Waals surface area contributed by atoms with Crippen molar-refractivity contribution < 1.29 is 0 Å². The molecule has 0 radical (unpaired) electrons. The van der Waals surface area contributed by atoms with Crippen LogP contribution in [0.2, 0.25) is 0 Å². The molecule has 88 valence electrons. The summed E-state index contributed by atoms with van der Waals surface area (Å²) in [6.07, 6.45) is 8.29. The molecule has 2 aliphatic carbocycles. The second-order valence-electron chi connectivity index (χ2n) is 5.38. The molecule has 1 unspecified atom stereocenters. The molecular weight excluding hydrogens is 200 g/mol. The van der Waals surface area contributed by atoms with Crippen molar-refractivity contribution in [3.05, 3.63) is 21.6 Å². The number of fused-ring (bicyclic) bond motifs is 1. The zero-order valence-corrected chi connectivity index (χ0v) is 9.96. The third-order valence-corrected chi connectivity index (χ3v) is 4.16. The van der Waals surface area contributed by atoms with Crippen LogP contribution in [-0.4, -0.2) is 9.78 Å². The van der Waals surface area contributed by atoms with Gasteiger partial charge in [-0.3, -0.25) is 9.89 Å². The standard InChI is InChI=1S/C13H20N2O/c1-9(10-7-8-10)15-13(16)11-5-3-2-4-6-12(11)14-15/h9-10,14H,2-8H2,1H3. The molecule has 1 aromatic heterocycles. The lowest BCUT2D eigenvalue weighted by Gasteiger charge is -2.10. The van der Waals surface area contributed by atoms with E-state index in [0.717, 1.165) is 24.3 Å². The van der Waals surface area contributed by atoms with E-state index in [2.05, 4.69) is 12.0 Å². The number of aryl methyl sites for hydroxylation is 1. The minimum atomic E-state index is 0.260. The molecule has 0 spiro atoms. The lowest BCUT2D eigenvalue weighted by atomic mass is 10.1. The van der Waals surface area contributed by atoms with Crippen LogP contribution >= 0.6 is 0 Å². The maximum atomic E-state index is 12.3. The van der Waals surface area contributed by atoms with Crippen LogP contribution in [0.1, 0.15) is 56.3 Å². The molecule has 0 aliphatic heterocycles. The van der Waals surface area contributed by atoms with E-state index in [0.29, 0.717) is 6.04 Å². The Morgan fingerprint density at radius 3 is 2.75 bits per heavy atom. The summed E-state index contributed by atoms with van der Waals surface area (Å²) in [5.41, 5.74) is 2.55. The summed E-state index contributed by atoms with van der Waals surface area (Å²) in [6, 6.07) is 0.374. The van der Waals surface area contributed by atoms with Crippen molar-refractivity contribution in [2.24, 2.45) is 5.92 Å². The van der Waals surface area contributed by atoms with Crippen molar-refractivity contribution in [1.29, 1.82) is 0 Å². The minimum absolute atomic E-state index is 0.260. The first kappa shape index (κ1) is 10.2. The van der Waals surface area contributed by atoms with Crippen molar-refractivity contribution in [2.75, 3.05) is 0 Å². The summed E-state index contributed by atoms with van der Waals surface area (Å²) in [4.78, 5) is 12.3. The van der Waals surface area contributed by atoms with Crippen LogP contribution in [0.15, 0.2) is 4.79 Å². The highest BCUT2D eigenvalue weighted by atomic mass is 16.1. The van der Waals surface area contributed by atoms with E-state index in [9.17, 15) is 4.79 Å². The van der Waals surface area contributed by atoms with Gasteiger partial charge in [-0.05, 0) is 51.4 Å². The Balaban J connectivity index is 1.97. The van der Waals surface area contributed by atoms with Gasteiger partial charge in [0.1, 0.15) is 0 Å².